The van der Waals surface area contributed by atoms with Gasteiger partial charge in [0.05, 0.1) is 25.5 Å². The Morgan fingerprint density at radius 2 is 2.10 bits per heavy atom. The van der Waals surface area contributed by atoms with Crippen LogP contribution in [0.1, 0.15) is 13.3 Å². The molecule has 0 bridgehead atoms. The van der Waals surface area contributed by atoms with E-state index < -0.39 is 0 Å². The standard InChI is InChI=1S/C13H25N5O2S/c1-11-14-12-10-15(2)21-17(13(12)18(11)19)5-3-4-16-6-8-20-9-7-16/h11,13,19H,3-10H2,1-2H3. The number of rotatable bonds is 4. The number of aliphatic imine (C=N–C) groups is 1. The Morgan fingerprint density at radius 1 is 1.33 bits per heavy atom. The molecule has 0 amide bonds. The summed E-state index contributed by atoms with van der Waals surface area (Å²) < 4.78 is 9.79. The van der Waals surface area contributed by atoms with Crippen molar-refractivity contribution < 1.29 is 9.94 Å². The largest absolute Gasteiger partial charge is 0.379 e. The third-order valence-corrected chi connectivity index (χ3v) is 5.14. The predicted molar refractivity (Wildman–Crippen MR) is 83.1 cm³/mol. The highest BCUT2D eigenvalue weighted by Crippen LogP contribution is 2.31. The van der Waals surface area contributed by atoms with Gasteiger partial charge in [-0.15, -0.1) is 5.06 Å². The number of hydrogen-bond acceptors (Lipinski definition) is 8. The van der Waals surface area contributed by atoms with Crippen LogP contribution in [0.4, 0.5) is 0 Å². The molecular formula is C13H25N5O2S. The van der Waals surface area contributed by atoms with Gasteiger partial charge < -0.3 is 9.94 Å². The number of nitrogens with zero attached hydrogens (tertiary/aromatic N) is 5. The van der Waals surface area contributed by atoms with Crippen molar-refractivity contribution in [3.63, 3.8) is 0 Å². The molecule has 2 unspecified atom stereocenters. The summed E-state index contributed by atoms with van der Waals surface area (Å²) in [5.41, 5.74) is 1.07. The summed E-state index contributed by atoms with van der Waals surface area (Å²) in [5.74, 6) is 0. The highest BCUT2D eigenvalue weighted by Gasteiger charge is 2.41. The molecule has 2 saturated heterocycles. The van der Waals surface area contributed by atoms with E-state index in [1.54, 1.807) is 12.1 Å². The Labute approximate surface area is 130 Å². The van der Waals surface area contributed by atoms with Crippen molar-refractivity contribution in [2.45, 2.75) is 25.7 Å². The maximum atomic E-state index is 10.2. The molecule has 7 nitrogen and oxygen atoms in total. The number of fused-ring (bicyclic) bond motifs is 1. The Kier molecular flexibility index (Phi) is 5.15. The summed E-state index contributed by atoms with van der Waals surface area (Å²) in [6.07, 6.45) is 0.886. The van der Waals surface area contributed by atoms with Gasteiger partial charge in [-0.25, -0.2) is 8.61 Å². The molecule has 120 valence electrons. The molecular weight excluding hydrogens is 290 g/mol. The van der Waals surface area contributed by atoms with E-state index in [-0.39, 0.29) is 12.3 Å². The molecule has 0 aromatic carbocycles. The number of morpholine rings is 1. The Hall–Kier alpha value is -0.220. The molecule has 0 aromatic rings. The van der Waals surface area contributed by atoms with Crippen LogP contribution in [-0.2, 0) is 4.74 Å². The SMILES string of the molecule is CC1N=C2CN(C)SN(CCCN3CCOCC3)C2N1O. The van der Waals surface area contributed by atoms with Gasteiger partial charge in [-0.1, -0.05) is 0 Å². The van der Waals surface area contributed by atoms with E-state index in [1.807, 2.05) is 6.92 Å². The zero-order chi connectivity index (χ0) is 14.8. The third kappa shape index (κ3) is 3.58. The lowest BCUT2D eigenvalue weighted by atomic mass is 10.2. The van der Waals surface area contributed by atoms with E-state index in [4.69, 9.17) is 4.74 Å². The van der Waals surface area contributed by atoms with Crippen LogP contribution in [0, 0.1) is 0 Å². The fraction of sp³-hybridized carbons (Fsp3) is 0.923. The van der Waals surface area contributed by atoms with Crippen LogP contribution in [0.5, 0.6) is 0 Å². The second kappa shape index (κ2) is 6.91. The van der Waals surface area contributed by atoms with Crippen LogP contribution in [-0.4, -0.2) is 94.8 Å². The average molecular weight is 315 g/mol. The van der Waals surface area contributed by atoms with Gasteiger partial charge >= 0.3 is 0 Å². The van der Waals surface area contributed by atoms with Crippen molar-refractivity contribution in [2.24, 2.45) is 4.99 Å². The molecule has 21 heavy (non-hydrogen) atoms. The maximum absolute atomic E-state index is 10.2. The van der Waals surface area contributed by atoms with Crippen molar-refractivity contribution in [1.82, 2.24) is 18.6 Å². The van der Waals surface area contributed by atoms with Crippen molar-refractivity contribution in [3.05, 3.63) is 0 Å². The molecule has 3 heterocycles. The highest BCUT2D eigenvalue weighted by atomic mass is 32.2. The minimum atomic E-state index is -0.140. The van der Waals surface area contributed by atoms with E-state index >= 15 is 0 Å². The fourth-order valence-electron chi connectivity index (χ4n) is 3.06. The molecule has 8 heteroatoms. The quantitative estimate of drug-likeness (QED) is 0.751. The normalized spacial score (nSPS) is 33.2. The van der Waals surface area contributed by atoms with Gasteiger partial charge in [0, 0.05) is 31.8 Å². The number of ether oxygens (including phenoxy) is 1. The zero-order valence-electron chi connectivity index (χ0n) is 12.8. The first-order valence-electron chi connectivity index (χ1n) is 7.65. The average Bonchev–Trinajstić information content (AvgIpc) is 2.75. The molecule has 3 rings (SSSR count). The van der Waals surface area contributed by atoms with Crippen molar-refractivity contribution in [1.29, 1.82) is 0 Å². The first kappa shape index (κ1) is 15.7. The summed E-state index contributed by atoms with van der Waals surface area (Å²) in [4.78, 5) is 7.01. The summed E-state index contributed by atoms with van der Waals surface area (Å²) in [6, 6.07) is 0. The molecule has 0 saturated carbocycles. The smallest absolute Gasteiger partial charge is 0.139 e. The lowest BCUT2D eigenvalue weighted by Crippen LogP contribution is -2.53. The van der Waals surface area contributed by atoms with E-state index in [0.29, 0.717) is 0 Å². The topological polar surface area (TPSA) is 54.8 Å². The molecule has 1 N–H and O–H groups in total. The molecule has 0 radical (unpaired) electrons. The molecule has 3 aliphatic heterocycles. The molecule has 2 atom stereocenters. The maximum Gasteiger partial charge on any atom is 0.139 e. The Morgan fingerprint density at radius 3 is 2.86 bits per heavy atom. The lowest BCUT2D eigenvalue weighted by Gasteiger charge is -2.39. The fourth-order valence-corrected chi connectivity index (χ4v) is 4.13. The first-order chi connectivity index (χ1) is 10.1. The highest BCUT2D eigenvalue weighted by molar-refractivity contribution is 7.94. The molecule has 0 aromatic heterocycles. The minimum Gasteiger partial charge on any atom is -0.379 e. The van der Waals surface area contributed by atoms with E-state index in [0.717, 1.165) is 58.1 Å². The molecule has 0 aliphatic carbocycles. The summed E-state index contributed by atoms with van der Waals surface area (Å²) in [6.45, 7) is 8.55. The minimum absolute atomic E-state index is 0.0640. The van der Waals surface area contributed by atoms with Gasteiger partial charge in [-0.2, -0.15) is 0 Å². The summed E-state index contributed by atoms with van der Waals surface area (Å²) in [7, 11) is 2.07. The second-order valence-corrected chi connectivity index (χ2v) is 7.08. The number of hydroxylamine groups is 2. The number of hydrogen-bond donors (Lipinski definition) is 1. The second-order valence-electron chi connectivity index (χ2n) is 5.82. The Bertz CT molecular complexity index is 391. The van der Waals surface area contributed by atoms with Crippen LogP contribution in [0.2, 0.25) is 0 Å². The molecule has 2 fully saturated rings. The van der Waals surface area contributed by atoms with E-state index in [1.165, 1.54) is 5.06 Å². The predicted octanol–water partition coefficient (Wildman–Crippen LogP) is 0.337. The Balaban J connectivity index is 1.52. The van der Waals surface area contributed by atoms with Crippen molar-refractivity contribution >= 4 is 17.8 Å². The van der Waals surface area contributed by atoms with Gasteiger partial charge in [0.1, 0.15) is 12.3 Å². The van der Waals surface area contributed by atoms with Crippen LogP contribution in [0.15, 0.2) is 4.99 Å². The van der Waals surface area contributed by atoms with E-state index in [2.05, 4.69) is 25.6 Å². The van der Waals surface area contributed by atoms with Crippen molar-refractivity contribution in [2.75, 3.05) is 53.0 Å². The summed E-state index contributed by atoms with van der Waals surface area (Å²) in [5, 5.41) is 11.6. The van der Waals surface area contributed by atoms with Gasteiger partial charge in [-0.3, -0.25) is 9.89 Å². The van der Waals surface area contributed by atoms with Crippen LogP contribution in [0.3, 0.4) is 0 Å². The van der Waals surface area contributed by atoms with Crippen LogP contribution >= 0.6 is 12.1 Å². The monoisotopic (exact) mass is 315 g/mol. The van der Waals surface area contributed by atoms with Crippen molar-refractivity contribution in [3.8, 4) is 0 Å². The van der Waals surface area contributed by atoms with Crippen LogP contribution in [0.25, 0.3) is 0 Å². The van der Waals surface area contributed by atoms with E-state index in [9.17, 15) is 5.21 Å². The molecule has 0 spiro atoms. The first-order valence-corrected chi connectivity index (χ1v) is 8.38. The van der Waals surface area contributed by atoms with Gasteiger partial charge in [0.25, 0.3) is 0 Å². The van der Waals surface area contributed by atoms with Gasteiger partial charge in [0.2, 0.25) is 0 Å². The van der Waals surface area contributed by atoms with Crippen LogP contribution < -0.4 is 0 Å². The zero-order valence-corrected chi connectivity index (χ0v) is 13.6. The van der Waals surface area contributed by atoms with Gasteiger partial charge in [0.15, 0.2) is 0 Å². The third-order valence-electron chi connectivity index (χ3n) is 4.14. The summed E-state index contributed by atoms with van der Waals surface area (Å²) >= 11 is 1.70. The lowest BCUT2D eigenvalue weighted by molar-refractivity contribution is -0.148. The van der Waals surface area contributed by atoms with Gasteiger partial charge in [-0.05, 0) is 26.9 Å². The molecule has 3 aliphatic rings.